The Hall–Kier alpha value is -2.76. The Balaban J connectivity index is 1.81. The Kier molecular flexibility index (Phi) is 5.82. The standard InChI is InChI=1S/C21H19F4N3O3S/c1-13-3-2-4-15-19(13)18(32(29,30)28-7-9-31-10-8-28)12-26-20(15)27-14-5-6-17(22)16(11-14)21(23,24)25/h2-6,11-12H,7-10H2,1H3,(H,26,27). The summed E-state index contributed by atoms with van der Waals surface area (Å²) in [6, 6.07) is 7.59. The number of halogens is 4. The molecule has 11 heteroatoms. The van der Waals surface area contributed by atoms with Gasteiger partial charge < -0.3 is 10.1 Å². The first kappa shape index (κ1) is 22.4. The van der Waals surface area contributed by atoms with E-state index < -0.39 is 27.6 Å². The molecule has 1 saturated heterocycles. The Morgan fingerprint density at radius 1 is 1.12 bits per heavy atom. The second-order valence-corrected chi connectivity index (χ2v) is 9.21. The van der Waals surface area contributed by atoms with Crippen LogP contribution in [0.15, 0.2) is 47.5 Å². The molecule has 2 heterocycles. The fourth-order valence-corrected chi connectivity index (χ4v) is 5.25. The molecular weight excluding hydrogens is 450 g/mol. The molecular formula is C21H19F4N3O3S. The van der Waals surface area contributed by atoms with Gasteiger partial charge >= 0.3 is 6.18 Å². The van der Waals surface area contributed by atoms with Gasteiger partial charge in [-0.05, 0) is 30.7 Å². The quantitative estimate of drug-likeness (QED) is 0.571. The zero-order chi connectivity index (χ0) is 23.1. The third-order valence-corrected chi connectivity index (χ3v) is 7.12. The number of sulfonamides is 1. The lowest BCUT2D eigenvalue weighted by Crippen LogP contribution is -2.40. The number of aryl methyl sites for hydroxylation is 1. The van der Waals surface area contributed by atoms with Crippen molar-refractivity contribution < 1.29 is 30.7 Å². The number of nitrogens with zero attached hydrogens (tertiary/aromatic N) is 2. The number of alkyl halides is 3. The first-order chi connectivity index (χ1) is 15.1. The van der Waals surface area contributed by atoms with Gasteiger partial charge in [-0.1, -0.05) is 18.2 Å². The van der Waals surface area contributed by atoms with Crippen LogP contribution in [-0.2, 0) is 20.9 Å². The number of fused-ring (bicyclic) bond motifs is 1. The van der Waals surface area contributed by atoms with E-state index in [1.165, 1.54) is 10.5 Å². The molecule has 0 radical (unpaired) electrons. The molecule has 0 aliphatic carbocycles. The minimum atomic E-state index is -4.86. The molecule has 6 nitrogen and oxygen atoms in total. The van der Waals surface area contributed by atoms with Crippen molar-refractivity contribution in [2.45, 2.75) is 18.0 Å². The van der Waals surface area contributed by atoms with E-state index >= 15 is 0 Å². The van der Waals surface area contributed by atoms with Crippen LogP contribution in [0.4, 0.5) is 29.1 Å². The number of benzene rings is 2. The average molecular weight is 469 g/mol. The molecule has 0 spiro atoms. The SMILES string of the molecule is Cc1cccc2c(Nc3ccc(F)c(C(F)(F)F)c3)ncc(S(=O)(=O)N3CCOCC3)c12. The Morgan fingerprint density at radius 2 is 1.84 bits per heavy atom. The van der Waals surface area contributed by atoms with Crippen molar-refractivity contribution in [1.82, 2.24) is 9.29 Å². The number of pyridine rings is 1. The van der Waals surface area contributed by atoms with Gasteiger partial charge in [-0.15, -0.1) is 0 Å². The van der Waals surface area contributed by atoms with E-state index in [2.05, 4.69) is 10.3 Å². The highest BCUT2D eigenvalue weighted by Gasteiger charge is 2.34. The molecule has 0 unspecified atom stereocenters. The maximum absolute atomic E-state index is 13.6. The van der Waals surface area contributed by atoms with Gasteiger partial charge in [-0.3, -0.25) is 0 Å². The molecule has 1 aromatic heterocycles. The number of anilines is 2. The number of nitrogens with one attached hydrogen (secondary N) is 1. The fourth-order valence-electron chi connectivity index (χ4n) is 3.63. The van der Waals surface area contributed by atoms with Crippen molar-refractivity contribution >= 4 is 32.3 Å². The van der Waals surface area contributed by atoms with Crippen LogP contribution < -0.4 is 5.32 Å². The van der Waals surface area contributed by atoms with E-state index in [9.17, 15) is 26.0 Å². The van der Waals surface area contributed by atoms with E-state index in [0.29, 0.717) is 22.4 Å². The molecule has 1 N–H and O–H groups in total. The number of morpholine rings is 1. The second-order valence-electron chi connectivity index (χ2n) is 7.30. The van der Waals surface area contributed by atoms with Crippen molar-refractivity contribution in [1.29, 1.82) is 0 Å². The Morgan fingerprint density at radius 3 is 2.53 bits per heavy atom. The van der Waals surface area contributed by atoms with Crippen LogP contribution in [0.5, 0.6) is 0 Å². The molecule has 1 aliphatic rings. The van der Waals surface area contributed by atoms with Crippen molar-refractivity contribution in [3.8, 4) is 0 Å². The highest BCUT2D eigenvalue weighted by Crippen LogP contribution is 2.36. The summed E-state index contributed by atoms with van der Waals surface area (Å²) < 4.78 is 85.9. The van der Waals surface area contributed by atoms with Crippen LogP contribution in [0.3, 0.4) is 0 Å². The lowest BCUT2D eigenvalue weighted by molar-refractivity contribution is -0.139. The van der Waals surface area contributed by atoms with Crippen molar-refractivity contribution in [3.63, 3.8) is 0 Å². The summed E-state index contributed by atoms with van der Waals surface area (Å²) in [6.07, 6.45) is -3.67. The van der Waals surface area contributed by atoms with E-state index in [-0.39, 0.29) is 42.7 Å². The van der Waals surface area contributed by atoms with Gasteiger partial charge in [0, 0.05) is 35.7 Å². The third-order valence-electron chi connectivity index (χ3n) is 5.21. The Labute approximate surface area is 181 Å². The second kappa shape index (κ2) is 8.30. The summed E-state index contributed by atoms with van der Waals surface area (Å²) in [5.74, 6) is -1.23. The van der Waals surface area contributed by atoms with Gasteiger partial charge in [0.25, 0.3) is 0 Å². The molecule has 4 rings (SSSR count). The summed E-state index contributed by atoms with van der Waals surface area (Å²) in [7, 11) is -3.87. The third kappa shape index (κ3) is 4.15. The van der Waals surface area contributed by atoms with E-state index in [4.69, 9.17) is 4.74 Å². The minimum absolute atomic E-state index is 0.00753. The van der Waals surface area contributed by atoms with Crippen LogP contribution in [0.25, 0.3) is 10.8 Å². The molecule has 1 fully saturated rings. The summed E-state index contributed by atoms with van der Waals surface area (Å²) >= 11 is 0. The predicted octanol–water partition coefficient (Wildman–Crippen LogP) is 4.47. The van der Waals surface area contributed by atoms with Crippen molar-refractivity contribution in [2.75, 3.05) is 31.6 Å². The van der Waals surface area contributed by atoms with E-state index in [0.717, 1.165) is 12.1 Å². The van der Waals surface area contributed by atoms with Crippen LogP contribution >= 0.6 is 0 Å². The van der Waals surface area contributed by atoms with Gasteiger partial charge in [-0.2, -0.15) is 17.5 Å². The average Bonchev–Trinajstić information content (AvgIpc) is 2.75. The van der Waals surface area contributed by atoms with E-state index in [1.54, 1.807) is 25.1 Å². The molecule has 0 amide bonds. The van der Waals surface area contributed by atoms with Crippen LogP contribution in [-0.4, -0.2) is 44.0 Å². The number of rotatable bonds is 4. The van der Waals surface area contributed by atoms with Gasteiger partial charge in [0.15, 0.2) is 0 Å². The zero-order valence-corrected chi connectivity index (χ0v) is 17.7. The molecule has 170 valence electrons. The normalized spacial score (nSPS) is 15.8. The fraction of sp³-hybridized carbons (Fsp3) is 0.286. The number of aromatic nitrogens is 1. The zero-order valence-electron chi connectivity index (χ0n) is 16.9. The lowest BCUT2D eigenvalue weighted by atomic mass is 10.1. The molecule has 1 aliphatic heterocycles. The van der Waals surface area contributed by atoms with E-state index in [1.807, 2.05) is 0 Å². The number of ether oxygens (including phenoxy) is 1. The maximum atomic E-state index is 13.6. The largest absolute Gasteiger partial charge is 0.419 e. The smallest absolute Gasteiger partial charge is 0.379 e. The molecule has 0 saturated carbocycles. The number of hydrogen-bond donors (Lipinski definition) is 1. The van der Waals surface area contributed by atoms with Crippen LogP contribution in [0.2, 0.25) is 0 Å². The Bertz CT molecular complexity index is 1270. The monoisotopic (exact) mass is 469 g/mol. The van der Waals surface area contributed by atoms with Crippen molar-refractivity contribution in [3.05, 3.63) is 59.5 Å². The highest BCUT2D eigenvalue weighted by atomic mass is 32.2. The number of hydrogen-bond acceptors (Lipinski definition) is 5. The molecule has 0 atom stereocenters. The summed E-state index contributed by atoms with van der Waals surface area (Å²) in [5, 5.41) is 3.59. The van der Waals surface area contributed by atoms with Crippen LogP contribution in [0.1, 0.15) is 11.1 Å². The molecule has 0 bridgehead atoms. The van der Waals surface area contributed by atoms with Crippen molar-refractivity contribution in [2.24, 2.45) is 0 Å². The molecule has 2 aromatic carbocycles. The first-order valence-electron chi connectivity index (χ1n) is 9.69. The van der Waals surface area contributed by atoms with Gasteiger partial charge in [0.05, 0.1) is 18.8 Å². The summed E-state index contributed by atoms with van der Waals surface area (Å²) in [5.41, 5.74) is -0.776. The van der Waals surface area contributed by atoms with Gasteiger partial charge in [0.1, 0.15) is 16.5 Å². The minimum Gasteiger partial charge on any atom is -0.379 e. The highest BCUT2D eigenvalue weighted by molar-refractivity contribution is 7.89. The lowest BCUT2D eigenvalue weighted by Gasteiger charge is -2.27. The van der Waals surface area contributed by atoms with Crippen LogP contribution in [0, 0.1) is 12.7 Å². The molecule has 32 heavy (non-hydrogen) atoms. The predicted molar refractivity (Wildman–Crippen MR) is 111 cm³/mol. The first-order valence-corrected chi connectivity index (χ1v) is 11.1. The maximum Gasteiger partial charge on any atom is 0.419 e. The summed E-state index contributed by atoms with van der Waals surface area (Å²) in [4.78, 5) is 4.20. The van der Waals surface area contributed by atoms with Gasteiger partial charge in [-0.25, -0.2) is 17.8 Å². The topological polar surface area (TPSA) is 71.5 Å². The molecule has 3 aromatic rings. The summed E-state index contributed by atoms with van der Waals surface area (Å²) in [6.45, 7) is 2.74. The van der Waals surface area contributed by atoms with Gasteiger partial charge in [0.2, 0.25) is 10.0 Å².